The number of nitrogens with zero attached hydrogens (tertiary/aromatic N) is 3. The largest absolute Gasteiger partial charge is 0.381 e. The lowest BCUT2D eigenvalue weighted by Gasteiger charge is -2.20. The third kappa shape index (κ3) is 3.68. The average molecular weight is 318 g/mol. The summed E-state index contributed by atoms with van der Waals surface area (Å²) in [7, 11) is 0. The molecule has 23 heavy (non-hydrogen) atoms. The Morgan fingerprint density at radius 3 is 3.00 bits per heavy atom. The maximum Gasteiger partial charge on any atom is 0.252 e. The number of hydrogen-bond acceptors (Lipinski definition) is 5. The molecule has 1 aliphatic rings. The van der Waals surface area contributed by atoms with Crippen LogP contribution in [0.2, 0.25) is 0 Å². The summed E-state index contributed by atoms with van der Waals surface area (Å²) < 4.78 is 12.6. The quantitative estimate of drug-likeness (QED) is 0.814. The molecule has 7 heteroatoms. The van der Waals surface area contributed by atoms with Crippen molar-refractivity contribution in [1.29, 1.82) is 0 Å². The van der Waals surface area contributed by atoms with Crippen molar-refractivity contribution >= 4 is 11.6 Å². The number of fused-ring (bicyclic) bond motifs is 1. The summed E-state index contributed by atoms with van der Waals surface area (Å²) in [5, 5.41) is 11.4. The third-order valence-electron chi connectivity index (χ3n) is 4.01. The van der Waals surface area contributed by atoms with E-state index in [1.54, 1.807) is 6.07 Å². The highest BCUT2D eigenvalue weighted by atomic mass is 16.5. The second-order valence-corrected chi connectivity index (χ2v) is 5.54. The fourth-order valence-electron chi connectivity index (χ4n) is 2.76. The molecule has 0 radical (unpaired) electrons. The number of nitrogens with one attached hydrogen (secondary N) is 1. The van der Waals surface area contributed by atoms with Gasteiger partial charge in [-0.05, 0) is 31.9 Å². The van der Waals surface area contributed by atoms with Crippen LogP contribution in [0.4, 0.5) is 0 Å². The monoisotopic (exact) mass is 318 g/mol. The molecule has 0 saturated carbocycles. The Balaban J connectivity index is 1.76. The molecule has 0 bridgehead atoms. The van der Waals surface area contributed by atoms with Crippen LogP contribution >= 0.6 is 0 Å². The van der Waals surface area contributed by atoms with Crippen LogP contribution in [-0.2, 0) is 9.47 Å². The SMILES string of the molecule is CCOCCNC(=O)c1ccc2nnc(C3CCOCC3)n2c1. The average Bonchev–Trinajstić information content (AvgIpc) is 3.02. The fraction of sp³-hybridized carbons (Fsp3) is 0.562. The second kappa shape index (κ2) is 7.52. The first-order chi connectivity index (χ1) is 11.3. The molecule has 0 aliphatic carbocycles. The van der Waals surface area contributed by atoms with Crippen LogP contribution in [0.3, 0.4) is 0 Å². The van der Waals surface area contributed by atoms with E-state index >= 15 is 0 Å². The van der Waals surface area contributed by atoms with E-state index in [2.05, 4.69) is 15.5 Å². The minimum Gasteiger partial charge on any atom is -0.381 e. The van der Waals surface area contributed by atoms with E-state index in [-0.39, 0.29) is 5.91 Å². The van der Waals surface area contributed by atoms with Gasteiger partial charge in [0.25, 0.3) is 5.91 Å². The Kier molecular flexibility index (Phi) is 5.19. The summed E-state index contributed by atoms with van der Waals surface area (Å²) in [4.78, 5) is 12.2. The van der Waals surface area contributed by atoms with Gasteiger partial charge in [-0.2, -0.15) is 0 Å². The Hall–Kier alpha value is -1.99. The Morgan fingerprint density at radius 2 is 2.22 bits per heavy atom. The number of amides is 1. The molecule has 1 fully saturated rings. The minimum atomic E-state index is -0.113. The van der Waals surface area contributed by atoms with E-state index < -0.39 is 0 Å². The standard InChI is InChI=1S/C16H22N4O3/c1-2-22-10-7-17-16(21)13-3-4-14-18-19-15(20(14)11-13)12-5-8-23-9-6-12/h3-4,11-12H,2,5-10H2,1H3,(H,17,21). The maximum atomic E-state index is 12.2. The molecule has 2 aromatic heterocycles. The Morgan fingerprint density at radius 1 is 1.39 bits per heavy atom. The number of hydrogen-bond donors (Lipinski definition) is 1. The van der Waals surface area contributed by atoms with Crippen molar-refractivity contribution in [3.8, 4) is 0 Å². The van der Waals surface area contributed by atoms with Gasteiger partial charge in [0.05, 0.1) is 12.2 Å². The predicted molar refractivity (Wildman–Crippen MR) is 84.6 cm³/mol. The van der Waals surface area contributed by atoms with E-state index in [1.165, 1.54) is 0 Å². The van der Waals surface area contributed by atoms with Crippen LogP contribution in [-0.4, -0.2) is 53.5 Å². The van der Waals surface area contributed by atoms with Crippen molar-refractivity contribution < 1.29 is 14.3 Å². The van der Waals surface area contributed by atoms with Gasteiger partial charge < -0.3 is 14.8 Å². The summed E-state index contributed by atoms with van der Waals surface area (Å²) >= 11 is 0. The zero-order valence-corrected chi connectivity index (χ0v) is 13.3. The Labute approximate surface area is 135 Å². The summed E-state index contributed by atoms with van der Waals surface area (Å²) in [6, 6.07) is 3.60. The molecule has 124 valence electrons. The number of ether oxygens (including phenoxy) is 2. The van der Waals surface area contributed by atoms with E-state index in [1.807, 2.05) is 23.6 Å². The molecule has 1 amide bonds. The fourth-order valence-corrected chi connectivity index (χ4v) is 2.76. The highest BCUT2D eigenvalue weighted by Crippen LogP contribution is 2.25. The molecule has 2 aromatic rings. The molecule has 0 spiro atoms. The lowest BCUT2D eigenvalue weighted by atomic mass is 9.99. The first kappa shape index (κ1) is 15.9. The van der Waals surface area contributed by atoms with Crippen LogP contribution in [0.1, 0.15) is 41.9 Å². The molecule has 3 heterocycles. The maximum absolute atomic E-state index is 12.2. The topological polar surface area (TPSA) is 77.8 Å². The van der Waals surface area contributed by atoms with Gasteiger partial charge in [0, 0.05) is 38.5 Å². The normalized spacial score (nSPS) is 15.9. The highest BCUT2D eigenvalue weighted by molar-refractivity contribution is 5.94. The van der Waals surface area contributed by atoms with Gasteiger partial charge in [0.1, 0.15) is 5.82 Å². The number of pyridine rings is 1. The third-order valence-corrected chi connectivity index (χ3v) is 4.01. The van der Waals surface area contributed by atoms with Gasteiger partial charge in [-0.15, -0.1) is 10.2 Å². The number of rotatable bonds is 6. The molecule has 1 N–H and O–H groups in total. The summed E-state index contributed by atoms with van der Waals surface area (Å²) in [5.41, 5.74) is 1.36. The van der Waals surface area contributed by atoms with Gasteiger partial charge in [0.15, 0.2) is 5.65 Å². The van der Waals surface area contributed by atoms with Crippen molar-refractivity contribution in [2.75, 3.05) is 33.0 Å². The van der Waals surface area contributed by atoms with Gasteiger partial charge in [-0.3, -0.25) is 9.20 Å². The van der Waals surface area contributed by atoms with Crippen molar-refractivity contribution in [2.24, 2.45) is 0 Å². The van der Waals surface area contributed by atoms with Crippen molar-refractivity contribution in [1.82, 2.24) is 19.9 Å². The van der Waals surface area contributed by atoms with Gasteiger partial charge in [-0.25, -0.2) is 0 Å². The number of carbonyl (C=O) groups is 1. The van der Waals surface area contributed by atoms with Crippen LogP contribution < -0.4 is 5.32 Å². The minimum absolute atomic E-state index is 0.113. The lowest BCUT2D eigenvalue weighted by molar-refractivity contribution is 0.0833. The number of aromatic nitrogens is 3. The molecule has 1 saturated heterocycles. The van der Waals surface area contributed by atoms with Gasteiger partial charge in [-0.1, -0.05) is 0 Å². The first-order valence-corrected chi connectivity index (χ1v) is 8.08. The zero-order chi connectivity index (χ0) is 16.1. The van der Waals surface area contributed by atoms with Crippen LogP contribution in [0, 0.1) is 0 Å². The molecular formula is C16H22N4O3. The van der Waals surface area contributed by atoms with E-state index in [0.29, 0.717) is 31.2 Å². The Bertz CT molecular complexity index is 664. The summed E-state index contributed by atoms with van der Waals surface area (Å²) in [6.07, 6.45) is 3.69. The van der Waals surface area contributed by atoms with Crippen LogP contribution in [0.25, 0.3) is 5.65 Å². The number of carbonyl (C=O) groups excluding carboxylic acids is 1. The smallest absolute Gasteiger partial charge is 0.252 e. The highest BCUT2D eigenvalue weighted by Gasteiger charge is 2.21. The van der Waals surface area contributed by atoms with Crippen molar-refractivity contribution in [3.05, 3.63) is 29.7 Å². The molecule has 7 nitrogen and oxygen atoms in total. The molecule has 3 rings (SSSR count). The predicted octanol–water partition coefficient (Wildman–Crippen LogP) is 1.39. The van der Waals surface area contributed by atoms with Gasteiger partial charge >= 0.3 is 0 Å². The van der Waals surface area contributed by atoms with Crippen LogP contribution in [0.5, 0.6) is 0 Å². The van der Waals surface area contributed by atoms with Crippen molar-refractivity contribution in [2.45, 2.75) is 25.7 Å². The molecule has 1 aliphatic heterocycles. The summed E-state index contributed by atoms with van der Waals surface area (Å²) in [6.45, 7) is 5.09. The first-order valence-electron chi connectivity index (χ1n) is 8.08. The van der Waals surface area contributed by atoms with E-state index in [0.717, 1.165) is 37.5 Å². The van der Waals surface area contributed by atoms with Crippen molar-refractivity contribution in [3.63, 3.8) is 0 Å². The van der Waals surface area contributed by atoms with Crippen LogP contribution in [0.15, 0.2) is 18.3 Å². The second-order valence-electron chi connectivity index (χ2n) is 5.54. The molecule has 0 atom stereocenters. The lowest BCUT2D eigenvalue weighted by Crippen LogP contribution is -2.27. The zero-order valence-electron chi connectivity index (χ0n) is 13.3. The van der Waals surface area contributed by atoms with E-state index in [4.69, 9.17) is 9.47 Å². The van der Waals surface area contributed by atoms with E-state index in [9.17, 15) is 4.79 Å². The molecule has 0 aromatic carbocycles. The molecular weight excluding hydrogens is 296 g/mol. The summed E-state index contributed by atoms with van der Waals surface area (Å²) in [5.74, 6) is 1.13. The molecule has 0 unspecified atom stereocenters. The van der Waals surface area contributed by atoms with Gasteiger partial charge in [0.2, 0.25) is 0 Å².